The second kappa shape index (κ2) is 7.73. The van der Waals surface area contributed by atoms with E-state index in [1.165, 1.54) is 24.5 Å². The van der Waals surface area contributed by atoms with E-state index in [0.717, 1.165) is 16.6 Å². The van der Waals surface area contributed by atoms with E-state index < -0.39 is 5.97 Å². The first-order valence-electron chi connectivity index (χ1n) is 6.88. The molecule has 9 heteroatoms. The predicted molar refractivity (Wildman–Crippen MR) is 94.5 cm³/mol. The fourth-order valence-corrected chi connectivity index (χ4v) is 3.50. The van der Waals surface area contributed by atoms with Crippen molar-refractivity contribution in [1.82, 2.24) is 10.2 Å². The summed E-state index contributed by atoms with van der Waals surface area (Å²) in [7, 11) is 1.51. The van der Waals surface area contributed by atoms with Crippen molar-refractivity contribution in [2.75, 3.05) is 7.11 Å². The summed E-state index contributed by atoms with van der Waals surface area (Å²) >= 11 is 8.22. The third-order valence-corrected chi connectivity index (χ3v) is 4.91. The van der Waals surface area contributed by atoms with E-state index in [4.69, 9.17) is 20.8 Å². The molecule has 0 unspecified atom stereocenters. The Bertz CT molecular complexity index is 922. The van der Waals surface area contributed by atoms with Gasteiger partial charge >= 0.3 is 0 Å². The van der Waals surface area contributed by atoms with Crippen LogP contribution in [0.4, 0.5) is 0 Å². The second-order valence-corrected chi connectivity index (χ2v) is 7.04. The average molecular weight is 394 g/mol. The maximum Gasteiger partial charge on any atom is 0.281 e. The molecule has 1 aromatic carbocycles. The molecule has 0 saturated heterocycles. The van der Waals surface area contributed by atoms with Gasteiger partial charge in [0.15, 0.2) is 0 Å². The van der Waals surface area contributed by atoms with Gasteiger partial charge in [-0.05, 0) is 47.5 Å². The van der Waals surface area contributed by atoms with Crippen molar-refractivity contribution in [2.45, 2.75) is 5.22 Å². The van der Waals surface area contributed by atoms with Crippen LogP contribution in [0.2, 0.25) is 5.02 Å². The Morgan fingerprint density at radius 2 is 2.24 bits per heavy atom. The normalized spacial score (nSPS) is 11.5. The molecule has 3 aromatic rings. The number of methoxy groups -OCH3 is 1. The maximum atomic E-state index is 11.3. The Hall–Kier alpha value is -2.29. The van der Waals surface area contributed by atoms with E-state index in [2.05, 4.69) is 10.2 Å². The average Bonchev–Trinajstić information content (AvgIpc) is 3.26. The lowest BCUT2D eigenvalue weighted by atomic mass is 10.2. The summed E-state index contributed by atoms with van der Waals surface area (Å²) in [5, 5.41) is 21.5. The summed E-state index contributed by atoms with van der Waals surface area (Å²) in [6, 6.07) is 8.60. The Labute approximate surface area is 156 Å². The van der Waals surface area contributed by atoms with Gasteiger partial charge in [-0.2, -0.15) is 0 Å². The SMILES string of the molecule is COc1ccc(Cl)cc1-c1nnc(S/C(=C\c2cccs2)C(=O)[O-])o1. The van der Waals surface area contributed by atoms with Gasteiger partial charge in [0.05, 0.1) is 18.6 Å². The number of ether oxygens (including phenoxy) is 1. The minimum absolute atomic E-state index is 0.0318. The molecule has 0 fully saturated rings. The highest BCUT2D eigenvalue weighted by Crippen LogP contribution is 2.34. The van der Waals surface area contributed by atoms with Crippen molar-refractivity contribution in [3.05, 3.63) is 50.5 Å². The number of aromatic nitrogens is 2. The number of carboxylic acid groups (broad SMARTS) is 1. The number of aliphatic carboxylic acids is 1. The molecule has 0 aliphatic carbocycles. The molecule has 0 atom stereocenters. The smallest absolute Gasteiger partial charge is 0.281 e. The van der Waals surface area contributed by atoms with Gasteiger partial charge in [-0.15, -0.1) is 21.5 Å². The standard InChI is InChI=1S/C16H11ClN2O4S2/c1-22-12-5-4-9(17)7-11(12)14-18-19-16(23-14)25-13(15(20)21)8-10-3-2-6-24-10/h2-8H,1H3,(H,20,21)/p-1/b13-8-. The van der Waals surface area contributed by atoms with Crippen LogP contribution in [0.15, 0.2) is 50.3 Å². The number of thiophene rings is 1. The Balaban J connectivity index is 1.89. The van der Waals surface area contributed by atoms with Gasteiger partial charge in [-0.25, -0.2) is 0 Å². The number of carbonyl (C=O) groups is 1. The topological polar surface area (TPSA) is 88.3 Å². The zero-order chi connectivity index (χ0) is 17.8. The molecule has 6 nitrogen and oxygen atoms in total. The third-order valence-electron chi connectivity index (χ3n) is 3.01. The van der Waals surface area contributed by atoms with Gasteiger partial charge in [0.2, 0.25) is 0 Å². The molecule has 0 amide bonds. The van der Waals surface area contributed by atoms with Crippen molar-refractivity contribution in [3.63, 3.8) is 0 Å². The zero-order valence-electron chi connectivity index (χ0n) is 12.8. The number of rotatable bonds is 6. The van der Waals surface area contributed by atoms with Crippen molar-refractivity contribution in [1.29, 1.82) is 0 Å². The molecule has 0 aliphatic heterocycles. The number of nitrogens with zero attached hydrogens (tertiary/aromatic N) is 2. The summed E-state index contributed by atoms with van der Waals surface area (Å²) < 4.78 is 10.8. The fraction of sp³-hybridized carbons (Fsp3) is 0.0625. The van der Waals surface area contributed by atoms with E-state index >= 15 is 0 Å². The Kier molecular flexibility index (Phi) is 5.42. The molecule has 0 radical (unpaired) electrons. The van der Waals surface area contributed by atoms with Crippen LogP contribution in [-0.4, -0.2) is 23.3 Å². The summed E-state index contributed by atoms with van der Waals surface area (Å²) in [6.07, 6.45) is 1.49. The van der Waals surface area contributed by atoms with Crippen LogP contribution in [0.1, 0.15) is 4.88 Å². The first-order chi connectivity index (χ1) is 12.1. The van der Waals surface area contributed by atoms with Gasteiger partial charge in [-0.1, -0.05) is 17.7 Å². The predicted octanol–water partition coefficient (Wildman–Crippen LogP) is 3.34. The quantitative estimate of drug-likeness (QED) is 0.468. The number of benzene rings is 1. The van der Waals surface area contributed by atoms with Crippen LogP contribution in [0.5, 0.6) is 5.75 Å². The first kappa shape index (κ1) is 17.5. The van der Waals surface area contributed by atoms with Crippen molar-refractivity contribution >= 4 is 46.7 Å². The van der Waals surface area contributed by atoms with Gasteiger partial charge in [0, 0.05) is 14.8 Å². The van der Waals surface area contributed by atoms with E-state index in [-0.39, 0.29) is 16.0 Å². The molecular weight excluding hydrogens is 384 g/mol. The largest absolute Gasteiger partial charge is 0.544 e. The molecule has 2 heterocycles. The molecule has 0 saturated carbocycles. The van der Waals surface area contributed by atoms with Crippen LogP contribution < -0.4 is 9.84 Å². The lowest BCUT2D eigenvalue weighted by molar-refractivity contribution is -0.298. The minimum atomic E-state index is -1.32. The van der Waals surface area contributed by atoms with Crippen molar-refractivity contribution < 1.29 is 19.1 Å². The third kappa shape index (κ3) is 4.22. The van der Waals surface area contributed by atoms with Crippen LogP contribution >= 0.6 is 34.7 Å². The molecule has 2 aromatic heterocycles. The van der Waals surface area contributed by atoms with Gasteiger partial charge in [0.25, 0.3) is 11.1 Å². The highest BCUT2D eigenvalue weighted by molar-refractivity contribution is 8.03. The number of carbonyl (C=O) groups excluding carboxylic acids is 1. The number of thioether (sulfide) groups is 1. The summed E-state index contributed by atoms with van der Waals surface area (Å²) in [5.41, 5.74) is 0.520. The highest BCUT2D eigenvalue weighted by Gasteiger charge is 2.16. The molecule has 0 aliphatic rings. The first-order valence-corrected chi connectivity index (χ1v) is 8.96. The molecule has 0 spiro atoms. The van der Waals surface area contributed by atoms with Crippen LogP contribution in [0.25, 0.3) is 17.5 Å². The summed E-state index contributed by atoms with van der Waals surface area (Å²) in [6.45, 7) is 0. The number of hydrogen-bond acceptors (Lipinski definition) is 8. The monoisotopic (exact) mass is 393 g/mol. The lowest BCUT2D eigenvalue weighted by Crippen LogP contribution is -2.22. The zero-order valence-corrected chi connectivity index (χ0v) is 15.2. The maximum absolute atomic E-state index is 11.3. The molecular formula is C16H10ClN2O4S2-. The van der Waals surface area contributed by atoms with Crippen LogP contribution in [0, 0.1) is 0 Å². The van der Waals surface area contributed by atoms with Crippen LogP contribution in [-0.2, 0) is 4.79 Å². The Morgan fingerprint density at radius 1 is 1.40 bits per heavy atom. The van der Waals surface area contributed by atoms with E-state index in [0.29, 0.717) is 16.3 Å². The van der Waals surface area contributed by atoms with Crippen molar-refractivity contribution in [3.8, 4) is 17.2 Å². The number of hydrogen-bond donors (Lipinski definition) is 0. The molecule has 0 bridgehead atoms. The number of carboxylic acids is 1. The lowest BCUT2D eigenvalue weighted by Gasteiger charge is -2.05. The van der Waals surface area contributed by atoms with Gasteiger partial charge in [0.1, 0.15) is 5.75 Å². The van der Waals surface area contributed by atoms with E-state index in [1.54, 1.807) is 24.3 Å². The van der Waals surface area contributed by atoms with Gasteiger partial charge < -0.3 is 19.1 Å². The molecule has 128 valence electrons. The summed E-state index contributed by atoms with van der Waals surface area (Å²) in [4.78, 5) is 12.1. The molecule has 25 heavy (non-hydrogen) atoms. The number of halogens is 1. The van der Waals surface area contributed by atoms with E-state index in [1.807, 2.05) is 11.4 Å². The van der Waals surface area contributed by atoms with Crippen LogP contribution in [0.3, 0.4) is 0 Å². The van der Waals surface area contributed by atoms with Crippen molar-refractivity contribution in [2.24, 2.45) is 0 Å². The van der Waals surface area contributed by atoms with E-state index in [9.17, 15) is 9.90 Å². The van der Waals surface area contributed by atoms with Gasteiger partial charge in [-0.3, -0.25) is 0 Å². The molecule has 3 rings (SSSR count). The minimum Gasteiger partial charge on any atom is -0.544 e. The molecule has 0 N–H and O–H groups in total. The highest BCUT2D eigenvalue weighted by atomic mass is 35.5. The Morgan fingerprint density at radius 3 is 2.92 bits per heavy atom. The second-order valence-electron chi connectivity index (χ2n) is 4.63. The summed E-state index contributed by atoms with van der Waals surface area (Å²) in [5.74, 6) is -0.631. The fourth-order valence-electron chi connectivity index (χ4n) is 1.93.